The Balaban J connectivity index is 1.68. The molecule has 7 heteroatoms. The number of anilines is 1. The van der Waals surface area contributed by atoms with Crippen molar-refractivity contribution in [3.63, 3.8) is 0 Å². The molecule has 1 N–H and O–H groups in total. The third kappa shape index (κ3) is 3.73. The fraction of sp³-hybridized carbons (Fsp3) is 0.235. The molecule has 2 aromatic heterocycles. The van der Waals surface area contributed by atoms with Crippen molar-refractivity contribution in [3.05, 3.63) is 65.2 Å². The summed E-state index contributed by atoms with van der Waals surface area (Å²) >= 11 is 0. The number of benzene rings is 1. The minimum absolute atomic E-state index is 0.473. The lowest BCUT2D eigenvalue weighted by Gasteiger charge is -2.08. The van der Waals surface area contributed by atoms with Gasteiger partial charge in [-0.25, -0.2) is 18.4 Å². The second-order valence-electron chi connectivity index (χ2n) is 5.56. The molecule has 0 radical (unpaired) electrons. The number of hydrogen-bond acceptors (Lipinski definition) is 4. The number of nitrogens with zero attached hydrogens (tertiary/aromatic N) is 4. The summed E-state index contributed by atoms with van der Waals surface area (Å²) in [6.45, 7) is 4.34. The van der Waals surface area contributed by atoms with Crippen molar-refractivity contribution in [2.45, 2.75) is 20.3 Å². The second kappa shape index (κ2) is 6.74. The maximum absolute atomic E-state index is 13.2. The van der Waals surface area contributed by atoms with E-state index in [0.717, 1.165) is 17.5 Å². The third-order valence-electron chi connectivity index (χ3n) is 3.49. The molecule has 3 rings (SSSR count). The SMILES string of the molecule is Cc1cc(C)n(-c2cncc(NCCc3cc(F)cc(F)c3)n2)n1. The molecule has 0 bridgehead atoms. The van der Waals surface area contributed by atoms with Gasteiger partial charge in [0.25, 0.3) is 0 Å². The molecule has 0 aliphatic heterocycles. The Hall–Kier alpha value is -2.83. The summed E-state index contributed by atoms with van der Waals surface area (Å²) in [6, 6.07) is 5.46. The van der Waals surface area contributed by atoms with Crippen LogP contribution < -0.4 is 5.32 Å². The average molecular weight is 329 g/mol. The first-order valence-corrected chi connectivity index (χ1v) is 7.56. The topological polar surface area (TPSA) is 55.6 Å². The molecule has 0 unspecified atom stereocenters. The van der Waals surface area contributed by atoms with Gasteiger partial charge in [-0.05, 0) is 44.0 Å². The number of aryl methyl sites for hydroxylation is 2. The summed E-state index contributed by atoms with van der Waals surface area (Å²) in [5.74, 6) is 0.0481. The van der Waals surface area contributed by atoms with Gasteiger partial charge in [0.15, 0.2) is 5.82 Å². The van der Waals surface area contributed by atoms with Gasteiger partial charge >= 0.3 is 0 Å². The van der Waals surface area contributed by atoms with E-state index in [0.29, 0.717) is 30.2 Å². The van der Waals surface area contributed by atoms with Crippen LogP contribution >= 0.6 is 0 Å². The predicted molar refractivity (Wildman–Crippen MR) is 87.2 cm³/mol. The molecule has 0 fully saturated rings. The summed E-state index contributed by atoms with van der Waals surface area (Å²) in [7, 11) is 0. The van der Waals surface area contributed by atoms with Crippen molar-refractivity contribution in [1.82, 2.24) is 19.7 Å². The molecule has 0 saturated heterocycles. The monoisotopic (exact) mass is 329 g/mol. The number of nitrogens with one attached hydrogen (secondary N) is 1. The molecule has 2 heterocycles. The van der Waals surface area contributed by atoms with E-state index < -0.39 is 11.6 Å². The third-order valence-corrected chi connectivity index (χ3v) is 3.49. The molecule has 0 spiro atoms. The standard InChI is InChI=1S/C17H17F2N5/c1-11-5-12(2)24(23-11)17-10-20-9-16(22-17)21-4-3-13-6-14(18)8-15(19)7-13/h5-10H,3-4H2,1-2H3,(H,21,22). The Morgan fingerprint density at radius 2 is 1.79 bits per heavy atom. The van der Waals surface area contributed by atoms with Gasteiger partial charge in [-0.1, -0.05) is 0 Å². The zero-order chi connectivity index (χ0) is 17.1. The van der Waals surface area contributed by atoms with Gasteiger partial charge in [0.05, 0.1) is 18.1 Å². The van der Waals surface area contributed by atoms with Crippen LogP contribution in [0.3, 0.4) is 0 Å². The normalized spacial score (nSPS) is 10.8. The van der Waals surface area contributed by atoms with Crippen LogP contribution in [0, 0.1) is 25.5 Å². The Kier molecular flexibility index (Phi) is 4.50. The molecule has 0 amide bonds. The summed E-state index contributed by atoms with van der Waals surface area (Å²) in [5.41, 5.74) is 2.46. The van der Waals surface area contributed by atoms with Crippen LogP contribution in [0.1, 0.15) is 17.0 Å². The Labute approximate surface area is 138 Å². The van der Waals surface area contributed by atoms with Crippen molar-refractivity contribution >= 4 is 5.82 Å². The van der Waals surface area contributed by atoms with E-state index in [1.54, 1.807) is 17.1 Å². The first-order chi connectivity index (χ1) is 11.5. The largest absolute Gasteiger partial charge is 0.368 e. The smallest absolute Gasteiger partial charge is 0.174 e. The van der Waals surface area contributed by atoms with Crippen molar-refractivity contribution in [3.8, 4) is 5.82 Å². The van der Waals surface area contributed by atoms with Crippen LogP contribution in [0.2, 0.25) is 0 Å². The molecule has 124 valence electrons. The maximum Gasteiger partial charge on any atom is 0.174 e. The molecule has 24 heavy (non-hydrogen) atoms. The molecule has 5 nitrogen and oxygen atoms in total. The Bertz CT molecular complexity index is 840. The molecule has 0 saturated carbocycles. The molecule has 1 aromatic carbocycles. The Morgan fingerprint density at radius 1 is 1.04 bits per heavy atom. The van der Waals surface area contributed by atoms with E-state index in [1.165, 1.54) is 12.1 Å². The van der Waals surface area contributed by atoms with E-state index in [1.807, 2.05) is 19.9 Å². The molecule has 0 atom stereocenters. The summed E-state index contributed by atoms with van der Waals surface area (Å²) in [4.78, 5) is 8.62. The highest BCUT2D eigenvalue weighted by molar-refractivity contribution is 5.37. The van der Waals surface area contributed by atoms with Crippen LogP contribution in [0.5, 0.6) is 0 Å². The van der Waals surface area contributed by atoms with Gasteiger partial charge in [0.1, 0.15) is 17.5 Å². The highest BCUT2D eigenvalue weighted by Crippen LogP contribution is 2.12. The zero-order valence-corrected chi connectivity index (χ0v) is 13.4. The number of aromatic nitrogens is 4. The number of hydrogen-bond donors (Lipinski definition) is 1. The first-order valence-electron chi connectivity index (χ1n) is 7.56. The van der Waals surface area contributed by atoms with Gasteiger partial charge < -0.3 is 5.32 Å². The van der Waals surface area contributed by atoms with Gasteiger partial charge in [-0.15, -0.1) is 0 Å². The molecular weight excluding hydrogens is 312 g/mol. The lowest BCUT2D eigenvalue weighted by molar-refractivity contribution is 0.580. The van der Waals surface area contributed by atoms with Crippen LogP contribution in [0.4, 0.5) is 14.6 Å². The van der Waals surface area contributed by atoms with Crippen LogP contribution in [-0.2, 0) is 6.42 Å². The quantitative estimate of drug-likeness (QED) is 0.781. The Morgan fingerprint density at radius 3 is 2.46 bits per heavy atom. The second-order valence-corrected chi connectivity index (χ2v) is 5.56. The van der Waals surface area contributed by atoms with Gasteiger partial charge in [0, 0.05) is 18.3 Å². The molecule has 3 aromatic rings. The van der Waals surface area contributed by atoms with Crippen LogP contribution in [0.25, 0.3) is 5.82 Å². The highest BCUT2D eigenvalue weighted by atomic mass is 19.1. The molecule has 0 aliphatic rings. The maximum atomic E-state index is 13.2. The predicted octanol–water partition coefficient (Wildman–Crippen LogP) is 3.21. The van der Waals surface area contributed by atoms with Crippen LogP contribution in [0.15, 0.2) is 36.7 Å². The van der Waals surface area contributed by atoms with Gasteiger partial charge in [-0.3, -0.25) is 4.98 Å². The lowest BCUT2D eigenvalue weighted by Crippen LogP contribution is -2.09. The first kappa shape index (κ1) is 16.0. The van der Waals surface area contributed by atoms with Gasteiger partial charge in [-0.2, -0.15) is 5.10 Å². The number of rotatable bonds is 5. The van der Waals surface area contributed by atoms with E-state index in [9.17, 15) is 8.78 Å². The lowest BCUT2D eigenvalue weighted by atomic mass is 10.1. The van der Waals surface area contributed by atoms with Crippen molar-refractivity contribution in [2.75, 3.05) is 11.9 Å². The van der Waals surface area contributed by atoms with E-state index in [4.69, 9.17) is 0 Å². The summed E-state index contributed by atoms with van der Waals surface area (Å²) < 4.78 is 28.1. The van der Waals surface area contributed by atoms with Gasteiger partial charge in [0.2, 0.25) is 0 Å². The van der Waals surface area contributed by atoms with Crippen molar-refractivity contribution in [1.29, 1.82) is 0 Å². The van der Waals surface area contributed by atoms with Crippen molar-refractivity contribution in [2.24, 2.45) is 0 Å². The summed E-state index contributed by atoms with van der Waals surface area (Å²) in [6.07, 6.45) is 3.70. The van der Waals surface area contributed by atoms with E-state index >= 15 is 0 Å². The fourth-order valence-corrected chi connectivity index (χ4v) is 2.49. The van der Waals surface area contributed by atoms with Crippen LogP contribution in [-0.4, -0.2) is 26.3 Å². The number of halogens is 2. The minimum atomic E-state index is -0.573. The summed E-state index contributed by atoms with van der Waals surface area (Å²) in [5, 5.41) is 7.48. The average Bonchev–Trinajstić information content (AvgIpc) is 2.85. The molecule has 0 aliphatic carbocycles. The highest BCUT2D eigenvalue weighted by Gasteiger charge is 2.07. The van der Waals surface area contributed by atoms with E-state index in [2.05, 4.69) is 20.4 Å². The molecular formula is C17H17F2N5. The van der Waals surface area contributed by atoms with Crippen molar-refractivity contribution < 1.29 is 8.78 Å². The zero-order valence-electron chi connectivity index (χ0n) is 13.4. The van der Waals surface area contributed by atoms with E-state index in [-0.39, 0.29) is 0 Å². The minimum Gasteiger partial charge on any atom is -0.368 e. The fourth-order valence-electron chi connectivity index (χ4n) is 2.49.